The molecule has 0 spiro atoms. The number of halogens is 1. The van der Waals surface area contributed by atoms with Crippen LogP contribution in [0, 0.1) is 0 Å². The third kappa shape index (κ3) is 4.21. The maximum absolute atomic E-state index is 6.00. The van der Waals surface area contributed by atoms with Crippen molar-refractivity contribution < 1.29 is 4.74 Å². The summed E-state index contributed by atoms with van der Waals surface area (Å²) in [6, 6.07) is 6.53. The molecule has 2 aromatic heterocycles. The molecule has 0 aliphatic rings. The zero-order chi connectivity index (χ0) is 13.7. The van der Waals surface area contributed by atoms with Crippen LogP contribution in [0.4, 0.5) is 0 Å². The summed E-state index contributed by atoms with van der Waals surface area (Å²) in [7, 11) is 1.71. The molecule has 2 heterocycles. The lowest BCUT2D eigenvalue weighted by atomic mass is 10.1. The minimum Gasteiger partial charge on any atom is -0.496 e. The fraction of sp³-hybridized carbons (Fsp3) is 0.429. The van der Waals surface area contributed by atoms with Crippen LogP contribution in [-0.4, -0.2) is 13.7 Å². The quantitative estimate of drug-likeness (QED) is 0.795. The van der Waals surface area contributed by atoms with Crippen LogP contribution >= 0.6 is 34.3 Å². The van der Waals surface area contributed by atoms with Crippen molar-refractivity contribution in [3.05, 3.63) is 37.7 Å². The van der Waals surface area contributed by atoms with Crippen LogP contribution in [0.15, 0.2) is 23.6 Å². The second kappa shape index (κ2) is 7.29. The van der Waals surface area contributed by atoms with Crippen LogP contribution in [0.1, 0.15) is 29.1 Å². The molecule has 1 N–H and O–H groups in total. The molecule has 1 unspecified atom stereocenters. The monoisotopic (exact) mass is 315 g/mol. The standard InChI is InChI=1S/C14H18ClNOS2/c1-3-6-16-12(8-11-4-5-14(15)19-11)13-7-10(17-2)9-18-13/h4-5,7,9,12,16H,3,6,8H2,1-2H3. The van der Waals surface area contributed by atoms with Gasteiger partial charge in [-0.3, -0.25) is 0 Å². The summed E-state index contributed by atoms with van der Waals surface area (Å²) in [6.07, 6.45) is 2.10. The molecule has 2 rings (SSSR count). The molecule has 2 nitrogen and oxygen atoms in total. The highest BCUT2D eigenvalue weighted by molar-refractivity contribution is 7.16. The maximum Gasteiger partial charge on any atom is 0.129 e. The van der Waals surface area contributed by atoms with Crippen LogP contribution in [-0.2, 0) is 6.42 Å². The fourth-order valence-electron chi connectivity index (χ4n) is 1.88. The smallest absolute Gasteiger partial charge is 0.129 e. The first-order chi connectivity index (χ1) is 9.22. The van der Waals surface area contributed by atoms with Crippen molar-refractivity contribution in [2.24, 2.45) is 0 Å². The summed E-state index contributed by atoms with van der Waals surface area (Å²) < 4.78 is 6.12. The molecule has 0 saturated carbocycles. The van der Waals surface area contributed by atoms with Gasteiger partial charge >= 0.3 is 0 Å². The van der Waals surface area contributed by atoms with E-state index in [1.54, 1.807) is 29.8 Å². The highest BCUT2D eigenvalue weighted by Gasteiger charge is 2.15. The van der Waals surface area contributed by atoms with Crippen molar-refractivity contribution in [2.75, 3.05) is 13.7 Å². The van der Waals surface area contributed by atoms with Gasteiger partial charge in [0.05, 0.1) is 11.4 Å². The number of hydrogen-bond acceptors (Lipinski definition) is 4. The first-order valence-electron chi connectivity index (χ1n) is 6.33. The van der Waals surface area contributed by atoms with E-state index >= 15 is 0 Å². The lowest BCUT2D eigenvalue weighted by Crippen LogP contribution is -2.22. The molecule has 0 fully saturated rings. The Balaban J connectivity index is 2.10. The van der Waals surface area contributed by atoms with Crippen molar-refractivity contribution in [1.82, 2.24) is 5.32 Å². The van der Waals surface area contributed by atoms with Gasteiger partial charge in [0.2, 0.25) is 0 Å². The molecular weight excluding hydrogens is 298 g/mol. The predicted octanol–water partition coefficient (Wildman–Crippen LogP) is 4.76. The van der Waals surface area contributed by atoms with Crippen molar-refractivity contribution >= 4 is 34.3 Å². The minimum absolute atomic E-state index is 0.337. The van der Waals surface area contributed by atoms with E-state index in [0.717, 1.165) is 29.5 Å². The summed E-state index contributed by atoms with van der Waals surface area (Å²) in [6.45, 7) is 3.20. The van der Waals surface area contributed by atoms with E-state index in [9.17, 15) is 0 Å². The van der Waals surface area contributed by atoms with Crippen molar-refractivity contribution in [3.63, 3.8) is 0 Å². The number of hydrogen-bond donors (Lipinski definition) is 1. The maximum atomic E-state index is 6.00. The van der Waals surface area contributed by atoms with Crippen LogP contribution in [0.5, 0.6) is 5.75 Å². The molecule has 2 aromatic rings. The number of nitrogens with one attached hydrogen (secondary N) is 1. The zero-order valence-electron chi connectivity index (χ0n) is 11.1. The molecule has 0 radical (unpaired) electrons. The van der Waals surface area contributed by atoms with Crippen LogP contribution in [0.3, 0.4) is 0 Å². The highest BCUT2D eigenvalue weighted by Crippen LogP contribution is 2.31. The number of methoxy groups -OCH3 is 1. The normalized spacial score (nSPS) is 12.6. The summed E-state index contributed by atoms with van der Waals surface area (Å²) in [5.41, 5.74) is 0. The second-order valence-electron chi connectivity index (χ2n) is 4.31. The van der Waals surface area contributed by atoms with Crippen LogP contribution in [0.2, 0.25) is 4.34 Å². The summed E-state index contributed by atoms with van der Waals surface area (Å²) in [4.78, 5) is 2.63. The van der Waals surface area contributed by atoms with Gasteiger partial charge in [0.25, 0.3) is 0 Å². The molecule has 104 valence electrons. The lowest BCUT2D eigenvalue weighted by Gasteiger charge is -2.16. The van der Waals surface area contributed by atoms with E-state index in [4.69, 9.17) is 16.3 Å². The van der Waals surface area contributed by atoms with Crippen LogP contribution in [0.25, 0.3) is 0 Å². The average Bonchev–Trinajstić information content (AvgIpc) is 3.03. The van der Waals surface area contributed by atoms with E-state index in [-0.39, 0.29) is 0 Å². The van der Waals surface area contributed by atoms with Crippen LogP contribution < -0.4 is 10.1 Å². The Kier molecular flexibility index (Phi) is 5.70. The fourth-order valence-corrected chi connectivity index (χ4v) is 3.94. The van der Waals surface area contributed by atoms with E-state index < -0.39 is 0 Å². The van der Waals surface area contributed by atoms with E-state index in [2.05, 4.69) is 29.8 Å². The summed E-state index contributed by atoms with van der Waals surface area (Å²) >= 11 is 9.40. The van der Waals surface area contributed by atoms with Crippen molar-refractivity contribution in [1.29, 1.82) is 0 Å². The number of thiophene rings is 2. The van der Waals surface area contributed by atoms with Gasteiger partial charge < -0.3 is 10.1 Å². The number of ether oxygens (including phenoxy) is 1. The molecule has 0 saturated heterocycles. The Morgan fingerprint density at radius 1 is 1.42 bits per heavy atom. The van der Waals surface area contributed by atoms with Gasteiger partial charge in [0.1, 0.15) is 5.75 Å². The summed E-state index contributed by atoms with van der Waals surface area (Å²) in [5, 5.41) is 5.65. The second-order valence-corrected chi connectivity index (χ2v) is 7.05. The molecular formula is C14H18ClNOS2. The van der Waals surface area contributed by atoms with E-state index in [1.807, 2.05) is 6.07 Å². The van der Waals surface area contributed by atoms with Gasteiger partial charge in [0.15, 0.2) is 0 Å². The highest BCUT2D eigenvalue weighted by atomic mass is 35.5. The van der Waals surface area contributed by atoms with Gasteiger partial charge in [-0.1, -0.05) is 18.5 Å². The Morgan fingerprint density at radius 2 is 2.26 bits per heavy atom. The topological polar surface area (TPSA) is 21.3 Å². The molecule has 0 aliphatic carbocycles. The third-order valence-electron chi connectivity index (χ3n) is 2.85. The zero-order valence-corrected chi connectivity index (χ0v) is 13.5. The Bertz CT molecular complexity index is 509. The molecule has 0 aromatic carbocycles. The minimum atomic E-state index is 0.337. The summed E-state index contributed by atoms with van der Waals surface area (Å²) in [5.74, 6) is 0.938. The Labute approximate surface area is 127 Å². The van der Waals surface area contributed by atoms with Gasteiger partial charge in [-0.2, -0.15) is 0 Å². The van der Waals surface area contributed by atoms with E-state index in [0.29, 0.717) is 6.04 Å². The first-order valence-corrected chi connectivity index (χ1v) is 8.40. The van der Waals surface area contributed by atoms with Crippen molar-refractivity contribution in [2.45, 2.75) is 25.8 Å². The van der Waals surface area contributed by atoms with E-state index in [1.165, 1.54) is 9.75 Å². The largest absolute Gasteiger partial charge is 0.496 e. The first kappa shape index (κ1) is 14.9. The lowest BCUT2D eigenvalue weighted by molar-refractivity contribution is 0.415. The molecule has 0 aliphatic heterocycles. The SMILES string of the molecule is CCCNC(Cc1ccc(Cl)s1)c1cc(OC)cs1. The van der Waals surface area contributed by atoms with Gasteiger partial charge in [-0.05, 0) is 31.2 Å². The molecule has 19 heavy (non-hydrogen) atoms. The molecule has 0 bridgehead atoms. The Hall–Kier alpha value is -0.550. The number of rotatable bonds is 7. The van der Waals surface area contributed by atoms with Gasteiger partial charge in [-0.25, -0.2) is 0 Å². The van der Waals surface area contributed by atoms with Gasteiger partial charge in [-0.15, -0.1) is 22.7 Å². The molecule has 1 atom stereocenters. The third-order valence-corrected chi connectivity index (χ3v) is 5.13. The van der Waals surface area contributed by atoms with Crippen molar-refractivity contribution in [3.8, 4) is 5.75 Å². The molecule has 5 heteroatoms. The predicted molar refractivity (Wildman–Crippen MR) is 84.9 cm³/mol. The molecule has 0 amide bonds. The average molecular weight is 316 g/mol. The van der Waals surface area contributed by atoms with Gasteiger partial charge in [0, 0.05) is 27.6 Å². The Morgan fingerprint density at radius 3 is 2.84 bits per heavy atom.